The third kappa shape index (κ3) is 10.3. The average molecular weight is 897 g/mol. The third-order valence-electron chi connectivity index (χ3n) is 13.6. The van der Waals surface area contributed by atoms with Gasteiger partial charge in [-0.25, -0.2) is 23.5 Å². The Morgan fingerprint density at radius 3 is 2.63 bits per heavy atom. The number of amides is 1. The van der Waals surface area contributed by atoms with E-state index in [4.69, 9.17) is 9.15 Å². The highest BCUT2D eigenvalue weighted by Gasteiger charge is 2.33. The fraction of sp³-hybridized carbons (Fsp3) is 0.553. The molecule has 0 spiro atoms. The number of oxazole rings is 1. The predicted molar refractivity (Wildman–Crippen MR) is 239 cm³/mol. The molecule has 3 saturated carbocycles. The highest BCUT2D eigenvalue weighted by atomic mass is 19.3. The van der Waals surface area contributed by atoms with Crippen LogP contribution in [0.25, 0.3) is 22.5 Å². The lowest BCUT2D eigenvalue weighted by molar-refractivity contribution is -0.132. The van der Waals surface area contributed by atoms with E-state index in [1.165, 1.54) is 25.3 Å². The summed E-state index contributed by atoms with van der Waals surface area (Å²) < 4.78 is 45.1. The molecular formula is C47H58F2N10O6. The second-order valence-corrected chi connectivity index (χ2v) is 18.5. The summed E-state index contributed by atoms with van der Waals surface area (Å²) in [6.07, 6.45) is 9.64. The fourth-order valence-corrected chi connectivity index (χ4v) is 9.98. The number of morpholine rings is 1. The van der Waals surface area contributed by atoms with Gasteiger partial charge in [0.25, 0.3) is 12.3 Å². The summed E-state index contributed by atoms with van der Waals surface area (Å²) in [5, 5.41) is 10.2. The first-order chi connectivity index (χ1) is 31.5. The zero-order valence-corrected chi connectivity index (χ0v) is 37.1. The smallest absolute Gasteiger partial charge is 0.329 e. The molecule has 346 valence electrons. The molecule has 5 heterocycles. The quantitative estimate of drug-likeness (QED) is 0.0978. The third-order valence-corrected chi connectivity index (χ3v) is 13.6. The molecule has 9 rings (SSSR count). The molecule has 1 saturated heterocycles. The number of benzene rings is 1. The molecule has 65 heavy (non-hydrogen) atoms. The molecule has 0 bridgehead atoms. The van der Waals surface area contributed by atoms with Crippen LogP contribution in [0.4, 0.5) is 20.3 Å². The predicted octanol–water partition coefficient (Wildman–Crippen LogP) is 6.46. The van der Waals surface area contributed by atoms with Crippen molar-refractivity contribution in [3.8, 4) is 11.5 Å². The van der Waals surface area contributed by atoms with Gasteiger partial charge in [-0.1, -0.05) is 12.1 Å². The molecule has 1 aromatic carbocycles. The Labute approximate surface area is 375 Å². The number of ketones is 2. The van der Waals surface area contributed by atoms with Gasteiger partial charge < -0.3 is 24.7 Å². The molecule has 4 aliphatic rings. The first-order valence-corrected chi connectivity index (χ1v) is 23.1. The fourth-order valence-electron chi connectivity index (χ4n) is 9.98. The Hall–Kier alpha value is -5.59. The van der Waals surface area contributed by atoms with E-state index in [1.807, 2.05) is 12.1 Å². The molecule has 1 aliphatic heterocycles. The lowest BCUT2D eigenvalue weighted by atomic mass is 9.86. The van der Waals surface area contributed by atoms with E-state index in [-0.39, 0.29) is 53.1 Å². The van der Waals surface area contributed by atoms with Gasteiger partial charge in [-0.15, -0.1) is 0 Å². The van der Waals surface area contributed by atoms with Gasteiger partial charge in [0, 0.05) is 64.1 Å². The number of nitrogens with zero attached hydrogens (tertiary/aromatic N) is 8. The van der Waals surface area contributed by atoms with E-state index in [9.17, 15) is 28.0 Å². The van der Waals surface area contributed by atoms with Crippen molar-refractivity contribution in [2.24, 2.45) is 18.9 Å². The van der Waals surface area contributed by atoms with Crippen molar-refractivity contribution in [1.29, 1.82) is 0 Å². The van der Waals surface area contributed by atoms with Crippen LogP contribution in [0, 0.1) is 11.8 Å². The molecule has 16 nitrogen and oxygen atoms in total. The van der Waals surface area contributed by atoms with Crippen LogP contribution >= 0.6 is 0 Å². The number of fused-ring (bicyclic) bond motifs is 1. The Morgan fingerprint density at radius 2 is 1.85 bits per heavy atom. The standard InChI is InChI=1S/C47H58F2N10O6/c1-55(25-35-26-57(19-20-64-35)18-4-6-31-5-3-7-39-43(31)56(2)47(63)59(39)38-15-14-34(60)22-40(38)61)24-30-10-12-33(13-11-30)58-27-36(42(54-58)44(48)49)52-45(62)37-28-65-46(53-37)32-16-17-50-41(21-32)51-23-29-8-9-29/h3,5,7,16-17,21,27-30,33,35,38,44H,4,6,8-15,18-20,22-26H2,1-2H3,(H,50,51)(H,52,62)/t30?,33?,35-,38?/m0/s1. The van der Waals surface area contributed by atoms with Crippen LogP contribution in [0.2, 0.25) is 0 Å². The van der Waals surface area contributed by atoms with Crippen LogP contribution in [-0.4, -0.2) is 115 Å². The van der Waals surface area contributed by atoms with Crippen LogP contribution in [0.5, 0.6) is 0 Å². The van der Waals surface area contributed by atoms with Gasteiger partial charge in [0.1, 0.15) is 17.9 Å². The maximum Gasteiger partial charge on any atom is 0.329 e. The first-order valence-electron chi connectivity index (χ1n) is 23.1. The van der Waals surface area contributed by atoms with Crippen molar-refractivity contribution in [1.82, 2.24) is 38.7 Å². The number of aryl methyl sites for hydroxylation is 2. The van der Waals surface area contributed by atoms with Crippen molar-refractivity contribution < 1.29 is 32.3 Å². The molecule has 1 amide bonds. The largest absolute Gasteiger partial charge is 0.444 e. The molecule has 3 aliphatic carbocycles. The number of likely N-dealkylation sites (N-methyl/N-ethyl adjacent to an activating group) is 1. The molecular weight excluding hydrogens is 839 g/mol. The molecule has 2 atom stereocenters. The summed E-state index contributed by atoms with van der Waals surface area (Å²) in [5.41, 5.74) is 2.53. The van der Waals surface area contributed by atoms with E-state index < -0.39 is 24.1 Å². The van der Waals surface area contributed by atoms with E-state index >= 15 is 0 Å². The first kappa shape index (κ1) is 44.6. The minimum absolute atomic E-state index is 0.0312. The van der Waals surface area contributed by atoms with Crippen molar-refractivity contribution in [3.63, 3.8) is 0 Å². The van der Waals surface area contributed by atoms with Crippen molar-refractivity contribution in [3.05, 3.63) is 76.4 Å². The van der Waals surface area contributed by atoms with E-state index in [0.717, 1.165) is 94.4 Å². The van der Waals surface area contributed by atoms with Gasteiger partial charge in [0.05, 0.1) is 47.9 Å². The van der Waals surface area contributed by atoms with Crippen molar-refractivity contribution in [2.75, 3.05) is 63.6 Å². The number of pyridine rings is 1. The summed E-state index contributed by atoms with van der Waals surface area (Å²) in [6, 6.07) is 8.77. The number of anilines is 2. The number of para-hydroxylation sites is 1. The minimum atomic E-state index is -2.87. The maximum atomic E-state index is 14.2. The number of carbonyl (C=O) groups is 3. The van der Waals surface area contributed by atoms with Gasteiger partial charge >= 0.3 is 5.69 Å². The number of ether oxygens (including phenoxy) is 1. The molecule has 1 unspecified atom stereocenters. The van der Waals surface area contributed by atoms with E-state index in [1.54, 1.807) is 39.2 Å². The van der Waals surface area contributed by atoms with Crippen LogP contribution in [0.3, 0.4) is 0 Å². The topological polar surface area (TPSA) is 175 Å². The maximum absolute atomic E-state index is 14.2. The number of imidazole rings is 1. The van der Waals surface area contributed by atoms with Gasteiger partial charge in [0.2, 0.25) is 5.89 Å². The van der Waals surface area contributed by atoms with E-state index in [2.05, 4.69) is 48.6 Å². The summed E-state index contributed by atoms with van der Waals surface area (Å²) in [5.74, 6) is 1.11. The number of carbonyl (C=O) groups excluding carboxylic acids is 3. The molecule has 4 fully saturated rings. The van der Waals surface area contributed by atoms with Crippen LogP contribution in [-0.2, 0) is 27.8 Å². The SMILES string of the molecule is CN(CC1CCC(n2cc(NC(=O)c3coc(-c4ccnc(NCC5CC5)c4)n3)c(C(F)F)n2)CC1)C[C@H]1CN(CCCc2cccc3c2n(C)c(=O)n3C2CCC(=O)CC2=O)CCO1. The average Bonchev–Trinajstić information content (AvgIpc) is 3.70. The monoisotopic (exact) mass is 896 g/mol. The summed E-state index contributed by atoms with van der Waals surface area (Å²) in [6.45, 7) is 5.77. The molecule has 5 aromatic rings. The van der Waals surface area contributed by atoms with Gasteiger partial charge in [0.15, 0.2) is 17.2 Å². The summed E-state index contributed by atoms with van der Waals surface area (Å²) in [4.78, 5) is 64.7. The summed E-state index contributed by atoms with van der Waals surface area (Å²) in [7, 11) is 3.88. The Morgan fingerprint density at radius 1 is 1.03 bits per heavy atom. The number of aromatic nitrogens is 6. The number of halogens is 2. The highest BCUT2D eigenvalue weighted by Crippen LogP contribution is 2.36. The molecule has 2 N–H and O–H groups in total. The lowest BCUT2D eigenvalue weighted by Crippen LogP contribution is -2.47. The van der Waals surface area contributed by atoms with Crippen LogP contribution in [0.1, 0.15) is 104 Å². The Balaban J connectivity index is 0.731. The molecule has 18 heteroatoms. The number of hydrogen-bond donors (Lipinski definition) is 2. The number of Topliss-reactive ketones (excluding diaryl/α,β-unsaturated/α-hetero) is 2. The minimum Gasteiger partial charge on any atom is -0.444 e. The zero-order chi connectivity index (χ0) is 45.2. The number of rotatable bonds is 17. The highest BCUT2D eigenvalue weighted by molar-refractivity contribution is 6.04. The number of nitrogens with one attached hydrogen (secondary N) is 2. The van der Waals surface area contributed by atoms with Crippen molar-refractivity contribution in [2.45, 2.75) is 95.2 Å². The van der Waals surface area contributed by atoms with Gasteiger partial charge in [-0.2, -0.15) is 5.10 Å². The van der Waals surface area contributed by atoms with Crippen LogP contribution in [0.15, 0.2) is 58.2 Å². The second kappa shape index (κ2) is 19.5. The lowest BCUT2D eigenvalue weighted by Gasteiger charge is -2.36. The number of hydrogen-bond acceptors (Lipinski definition) is 12. The van der Waals surface area contributed by atoms with Crippen LogP contribution < -0.4 is 16.3 Å². The summed E-state index contributed by atoms with van der Waals surface area (Å²) >= 11 is 0. The zero-order valence-electron chi connectivity index (χ0n) is 37.1. The molecule has 0 radical (unpaired) electrons. The van der Waals surface area contributed by atoms with E-state index in [0.29, 0.717) is 42.7 Å². The van der Waals surface area contributed by atoms with Gasteiger partial charge in [-0.05, 0) is 107 Å². The van der Waals surface area contributed by atoms with Gasteiger partial charge in [-0.3, -0.25) is 33.1 Å². The Kier molecular flexibility index (Phi) is 13.4. The van der Waals surface area contributed by atoms with Crippen molar-refractivity contribution >= 4 is 40.0 Å². The number of alkyl halides is 2. The Bertz CT molecular complexity index is 2570. The molecule has 4 aromatic heterocycles. The second-order valence-electron chi connectivity index (χ2n) is 18.5. The normalized spacial score (nSPS) is 22.1.